The fourth-order valence-corrected chi connectivity index (χ4v) is 5.24. The summed E-state index contributed by atoms with van der Waals surface area (Å²) in [7, 11) is -3.89. The first-order chi connectivity index (χ1) is 14.9. The van der Waals surface area contributed by atoms with Gasteiger partial charge in [-0.05, 0) is 60.9 Å². The van der Waals surface area contributed by atoms with Gasteiger partial charge in [-0.3, -0.25) is 4.79 Å². The molecule has 0 aromatic heterocycles. The number of nitrogens with one attached hydrogen (secondary N) is 1. The predicted molar refractivity (Wildman–Crippen MR) is 118 cm³/mol. The van der Waals surface area contributed by atoms with Crippen molar-refractivity contribution in [2.45, 2.75) is 30.8 Å². The average Bonchev–Trinajstić information content (AvgIpc) is 2.79. The van der Waals surface area contributed by atoms with E-state index in [1.807, 2.05) is 37.3 Å². The zero-order valence-electron chi connectivity index (χ0n) is 16.9. The van der Waals surface area contributed by atoms with Gasteiger partial charge in [0.1, 0.15) is 6.04 Å². The molecule has 0 spiro atoms. The lowest BCUT2D eigenvalue weighted by Crippen LogP contribution is -2.50. The molecule has 0 saturated carbocycles. The molecule has 6 nitrogen and oxygen atoms in total. The fraction of sp³-hybridized carbons (Fsp3) is 0.167. The van der Waals surface area contributed by atoms with E-state index < -0.39 is 22.0 Å². The Morgan fingerprint density at radius 1 is 1.00 bits per heavy atom. The zero-order chi connectivity index (χ0) is 22.0. The van der Waals surface area contributed by atoms with Gasteiger partial charge >= 0.3 is 0 Å². The van der Waals surface area contributed by atoms with Crippen LogP contribution in [0.3, 0.4) is 0 Å². The van der Waals surface area contributed by atoms with Gasteiger partial charge in [0, 0.05) is 12.2 Å². The number of hydrogen-bond acceptors (Lipinski definition) is 4. The first kappa shape index (κ1) is 20.8. The minimum absolute atomic E-state index is 0.123. The third-order valence-electron chi connectivity index (χ3n) is 5.42. The van der Waals surface area contributed by atoms with Crippen molar-refractivity contribution in [3.63, 3.8) is 0 Å². The summed E-state index contributed by atoms with van der Waals surface area (Å²) in [6, 6.07) is 21.8. The number of rotatable bonds is 4. The number of sulfonamides is 1. The second kappa shape index (κ2) is 8.34. The van der Waals surface area contributed by atoms with E-state index in [-0.39, 0.29) is 17.9 Å². The molecule has 0 aliphatic carbocycles. The Bertz CT molecular complexity index is 1260. The topological polar surface area (TPSA) is 90.3 Å². The summed E-state index contributed by atoms with van der Waals surface area (Å²) in [6.45, 7) is 2.01. The number of aryl methyl sites for hydroxylation is 1. The van der Waals surface area contributed by atoms with Gasteiger partial charge in [0.2, 0.25) is 15.9 Å². The molecule has 1 aliphatic heterocycles. The van der Waals surface area contributed by atoms with Crippen LogP contribution in [0.2, 0.25) is 0 Å². The largest absolute Gasteiger partial charge is 0.325 e. The van der Waals surface area contributed by atoms with E-state index in [2.05, 4.69) is 5.32 Å². The number of carbonyl (C=O) groups excluding carboxylic acids is 1. The summed E-state index contributed by atoms with van der Waals surface area (Å²) >= 11 is 0. The Morgan fingerprint density at radius 3 is 2.29 bits per heavy atom. The number of hydrogen-bond donors (Lipinski definition) is 1. The molecule has 0 radical (unpaired) electrons. The molecule has 4 rings (SSSR count). The molecule has 1 aliphatic rings. The Kier molecular flexibility index (Phi) is 5.59. The monoisotopic (exact) mass is 431 g/mol. The third kappa shape index (κ3) is 4.22. The van der Waals surface area contributed by atoms with E-state index in [0.717, 1.165) is 16.7 Å². The Labute approximate surface area is 181 Å². The number of anilines is 1. The molecule has 1 amide bonds. The maximum Gasteiger partial charge on any atom is 0.244 e. The zero-order valence-corrected chi connectivity index (χ0v) is 17.8. The summed E-state index contributed by atoms with van der Waals surface area (Å²) in [5.74, 6) is -0.408. The Balaban J connectivity index is 1.69. The molecule has 7 heteroatoms. The van der Waals surface area contributed by atoms with Crippen molar-refractivity contribution >= 4 is 21.6 Å². The quantitative estimate of drug-likeness (QED) is 0.683. The molecule has 0 bridgehead atoms. The average molecular weight is 432 g/mol. The minimum atomic E-state index is -3.89. The van der Waals surface area contributed by atoms with Gasteiger partial charge in [-0.2, -0.15) is 9.57 Å². The summed E-state index contributed by atoms with van der Waals surface area (Å²) in [6.07, 6.45) is 0.281. The number of benzene rings is 3. The van der Waals surface area contributed by atoms with Gasteiger partial charge in [-0.15, -0.1) is 0 Å². The van der Waals surface area contributed by atoms with E-state index in [4.69, 9.17) is 5.26 Å². The highest BCUT2D eigenvalue weighted by molar-refractivity contribution is 7.89. The number of amides is 1. The molecule has 0 fully saturated rings. The van der Waals surface area contributed by atoms with Crippen molar-refractivity contribution in [2.75, 3.05) is 5.32 Å². The predicted octanol–water partition coefficient (Wildman–Crippen LogP) is 3.62. The van der Waals surface area contributed by atoms with E-state index in [1.54, 1.807) is 48.5 Å². The van der Waals surface area contributed by atoms with Crippen LogP contribution in [0, 0.1) is 18.3 Å². The maximum atomic E-state index is 13.5. The molecule has 0 saturated heterocycles. The molecule has 1 heterocycles. The first-order valence-corrected chi connectivity index (χ1v) is 11.3. The summed E-state index contributed by atoms with van der Waals surface area (Å²) in [5, 5.41) is 11.7. The van der Waals surface area contributed by atoms with Crippen molar-refractivity contribution in [3.8, 4) is 6.07 Å². The van der Waals surface area contributed by atoms with Crippen LogP contribution in [0.1, 0.15) is 22.3 Å². The molecule has 3 aromatic carbocycles. The van der Waals surface area contributed by atoms with E-state index in [9.17, 15) is 13.2 Å². The van der Waals surface area contributed by atoms with Crippen molar-refractivity contribution < 1.29 is 13.2 Å². The van der Waals surface area contributed by atoms with E-state index in [0.29, 0.717) is 11.3 Å². The lowest BCUT2D eigenvalue weighted by Gasteiger charge is -2.35. The molecule has 0 unspecified atom stereocenters. The number of carbonyl (C=O) groups is 1. The van der Waals surface area contributed by atoms with Crippen LogP contribution in [0.15, 0.2) is 77.7 Å². The van der Waals surface area contributed by atoms with Crippen LogP contribution in [0.25, 0.3) is 0 Å². The summed E-state index contributed by atoms with van der Waals surface area (Å²) < 4.78 is 28.2. The molecule has 156 valence electrons. The van der Waals surface area contributed by atoms with Crippen molar-refractivity contribution in [3.05, 3.63) is 95.1 Å². The summed E-state index contributed by atoms with van der Waals surface area (Å²) in [4.78, 5) is 13.4. The van der Waals surface area contributed by atoms with Crippen LogP contribution >= 0.6 is 0 Å². The molecular weight excluding hydrogens is 410 g/mol. The number of fused-ring (bicyclic) bond motifs is 1. The van der Waals surface area contributed by atoms with Gasteiger partial charge in [0.05, 0.1) is 16.5 Å². The second-order valence-corrected chi connectivity index (χ2v) is 9.42. The highest BCUT2D eigenvalue weighted by Crippen LogP contribution is 2.30. The van der Waals surface area contributed by atoms with Gasteiger partial charge in [-0.25, -0.2) is 8.42 Å². The highest BCUT2D eigenvalue weighted by Gasteiger charge is 2.39. The maximum absolute atomic E-state index is 13.5. The van der Waals surface area contributed by atoms with Gasteiger partial charge in [0.25, 0.3) is 0 Å². The first-order valence-electron chi connectivity index (χ1n) is 9.85. The molecular formula is C24H21N3O3S. The molecule has 1 atom stereocenters. The van der Waals surface area contributed by atoms with Crippen LogP contribution < -0.4 is 5.32 Å². The third-order valence-corrected chi connectivity index (χ3v) is 7.29. The molecule has 31 heavy (non-hydrogen) atoms. The van der Waals surface area contributed by atoms with Crippen molar-refractivity contribution in [1.29, 1.82) is 5.26 Å². The van der Waals surface area contributed by atoms with E-state index in [1.165, 1.54) is 4.31 Å². The van der Waals surface area contributed by atoms with Crippen LogP contribution in [-0.2, 0) is 27.8 Å². The molecule has 3 aromatic rings. The highest BCUT2D eigenvalue weighted by atomic mass is 32.2. The SMILES string of the molecule is Cc1ccc(S(=O)(=O)N2Cc3ccccc3C[C@H]2C(=O)Nc2ccc(C#N)cc2)cc1. The van der Waals surface area contributed by atoms with Gasteiger partial charge in [0.15, 0.2) is 0 Å². The lowest BCUT2D eigenvalue weighted by atomic mass is 9.95. The molecule has 1 N–H and O–H groups in total. The number of nitriles is 1. The minimum Gasteiger partial charge on any atom is -0.325 e. The Hall–Kier alpha value is -3.47. The van der Waals surface area contributed by atoms with Crippen LogP contribution in [-0.4, -0.2) is 24.7 Å². The smallest absolute Gasteiger partial charge is 0.244 e. The second-order valence-electron chi connectivity index (χ2n) is 7.53. The van der Waals surface area contributed by atoms with Gasteiger partial charge < -0.3 is 5.32 Å². The van der Waals surface area contributed by atoms with Crippen LogP contribution in [0.5, 0.6) is 0 Å². The fourth-order valence-electron chi connectivity index (χ4n) is 3.67. The van der Waals surface area contributed by atoms with Crippen molar-refractivity contribution in [1.82, 2.24) is 4.31 Å². The summed E-state index contributed by atoms with van der Waals surface area (Å²) in [5.41, 5.74) is 3.79. The van der Waals surface area contributed by atoms with E-state index >= 15 is 0 Å². The standard InChI is InChI=1S/C24H21N3O3S/c1-17-6-12-22(13-7-17)31(29,30)27-16-20-5-3-2-4-19(20)14-23(27)24(28)26-21-10-8-18(15-25)9-11-21/h2-13,23H,14,16H2,1H3,(H,26,28)/t23-/m0/s1. The lowest BCUT2D eigenvalue weighted by molar-refractivity contribution is -0.120. The van der Waals surface area contributed by atoms with Gasteiger partial charge in [-0.1, -0.05) is 42.0 Å². The normalized spacial score (nSPS) is 16.2. The Morgan fingerprint density at radius 2 is 1.65 bits per heavy atom. The van der Waals surface area contributed by atoms with Crippen molar-refractivity contribution in [2.24, 2.45) is 0 Å². The van der Waals surface area contributed by atoms with Crippen LogP contribution in [0.4, 0.5) is 5.69 Å². The number of nitrogens with zero attached hydrogens (tertiary/aromatic N) is 2.